The SMILES string of the molecule is COC(=O)c1cccc(CSc2nnnn2-c2ccc(C)cc2)c1. The molecule has 0 atom stereocenters. The molecule has 0 saturated heterocycles. The van der Waals surface area contributed by atoms with Crippen molar-refractivity contribution in [3.8, 4) is 5.69 Å². The van der Waals surface area contributed by atoms with Crippen molar-refractivity contribution in [2.75, 3.05) is 7.11 Å². The molecule has 0 aliphatic carbocycles. The third-order valence-corrected chi connectivity index (χ3v) is 4.43. The summed E-state index contributed by atoms with van der Waals surface area (Å²) in [6.07, 6.45) is 0. The lowest BCUT2D eigenvalue weighted by Gasteiger charge is -2.06. The highest BCUT2D eigenvalue weighted by molar-refractivity contribution is 7.98. The summed E-state index contributed by atoms with van der Waals surface area (Å²) in [7, 11) is 1.37. The number of ether oxygens (including phenoxy) is 1. The molecule has 0 N–H and O–H groups in total. The van der Waals surface area contributed by atoms with Crippen LogP contribution in [0, 0.1) is 6.92 Å². The van der Waals surface area contributed by atoms with Crippen LogP contribution in [0.3, 0.4) is 0 Å². The Kier molecular flexibility index (Phi) is 4.90. The second-order valence-corrected chi connectivity index (χ2v) is 6.13. The number of tetrazole rings is 1. The van der Waals surface area contributed by atoms with Gasteiger partial charge in [0.2, 0.25) is 5.16 Å². The van der Waals surface area contributed by atoms with Gasteiger partial charge in [-0.1, -0.05) is 41.6 Å². The van der Waals surface area contributed by atoms with Gasteiger partial charge in [0.15, 0.2) is 0 Å². The molecule has 0 radical (unpaired) electrons. The van der Waals surface area contributed by atoms with Crippen molar-refractivity contribution in [1.29, 1.82) is 0 Å². The Hall–Kier alpha value is -2.67. The number of carbonyl (C=O) groups is 1. The zero-order valence-electron chi connectivity index (χ0n) is 13.3. The number of hydrogen-bond acceptors (Lipinski definition) is 6. The van der Waals surface area contributed by atoms with E-state index in [-0.39, 0.29) is 5.97 Å². The van der Waals surface area contributed by atoms with Crippen LogP contribution in [0.2, 0.25) is 0 Å². The Labute approximate surface area is 143 Å². The molecular formula is C17H16N4O2S. The van der Waals surface area contributed by atoms with Gasteiger partial charge in [-0.3, -0.25) is 0 Å². The van der Waals surface area contributed by atoms with E-state index in [4.69, 9.17) is 4.74 Å². The van der Waals surface area contributed by atoms with Gasteiger partial charge in [-0.2, -0.15) is 4.68 Å². The first-order valence-corrected chi connectivity index (χ1v) is 8.31. The van der Waals surface area contributed by atoms with Crippen LogP contribution in [0.25, 0.3) is 5.69 Å². The molecule has 7 heteroatoms. The van der Waals surface area contributed by atoms with E-state index in [1.165, 1.54) is 24.4 Å². The third kappa shape index (κ3) is 3.62. The van der Waals surface area contributed by atoms with E-state index in [1.54, 1.807) is 10.7 Å². The number of esters is 1. The first kappa shape index (κ1) is 16.2. The molecule has 0 bridgehead atoms. The van der Waals surface area contributed by atoms with E-state index in [2.05, 4.69) is 15.5 Å². The average molecular weight is 340 g/mol. The van der Waals surface area contributed by atoms with Crippen LogP contribution in [0.1, 0.15) is 21.5 Å². The smallest absolute Gasteiger partial charge is 0.337 e. The van der Waals surface area contributed by atoms with Gasteiger partial charge in [0.25, 0.3) is 0 Å². The van der Waals surface area contributed by atoms with E-state index in [0.29, 0.717) is 16.5 Å². The zero-order chi connectivity index (χ0) is 16.9. The first-order valence-electron chi connectivity index (χ1n) is 7.33. The van der Waals surface area contributed by atoms with Crippen molar-refractivity contribution < 1.29 is 9.53 Å². The fourth-order valence-electron chi connectivity index (χ4n) is 2.17. The Balaban J connectivity index is 1.75. The molecule has 6 nitrogen and oxygen atoms in total. The molecule has 122 valence electrons. The number of benzene rings is 2. The maximum atomic E-state index is 11.6. The van der Waals surface area contributed by atoms with Crippen molar-refractivity contribution in [3.05, 3.63) is 65.2 Å². The van der Waals surface area contributed by atoms with Gasteiger partial charge < -0.3 is 4.74 Å². The fourth-order valence-corrected chi connectivity index (χ4v) is 3.00. The average Bonchev–Trinajstić information content (AvgIpc) is 3.08. The van der Waals surface area contributed by atoms with Gasteiger partial charge in [0.1, 0.15) is 0 Å². The monoisotopic (exact) mass is 340 g/mol. The summed E-state index contributed by atoms with van der Waals surface area (Å²) in [5, 5.41) is 12.6. The Morgan fingerprint density at radius 3 is 2.75 bits per heavy atom. The predicted molar refractivity (Wildman–Crippen MR) is 91.2 cm³/mol. The molecule has 0 saturated carbocycles. The summed E-state index contributed by atoms with van der Waals surface area (Å²) in [6, 6.07) is 15.3. The van der Waals surface area contributed by atoms with E-state index < -0.39 is 0 Å². The number of carbonyl (C=O) groups excluding carboxylic acids is 1. The van der Waals surface area contributed by atoms with Crippen LogP contribution in [0.15, 0.2) is 53.7 Å². The largest absolute Gasteiger partial charge is 0.465 e. The molecule has 24 heavy (non-hydrogen) atoms. The Bertz CT molecular complexity index is 846. The minimum atomic E-state index is -0.341. The predicted octanol–water partition coefficient (Wildman–Crippen LogP) is 3.05. The molecule has 0 spiro atoms. The summed E-state index contributed by atoms with van der Waals surface area (Å²) < 4.78 is 6.45. The molecule has 0 aliphatic rings. The summed E-state index contributed by atoms with van der Waals surface area (Å²) in [5.41, 5.74) is 3.63. The summed E-state index contributed by atoms with van der Waals surface area (Å²) >= 11 is 1.51. The van der Waals surface area contributed by atoms with E-state index in [1.807, 2.05) is 49.4 Å². The second-order valence-electron chi connectivity index (χ2n) is 5.19. The molecule has 3 aromatic rings. The minimum absolute atomic E-state index is 0.341. The van der Waals surface area contributed by atoms with Gasteiger partial charge in [-0.15, -0.1) is 5.10 Å². The third-order valence-electron chi connectivity index (χ3n) is 3.44. The molecule has 0 fully saturated rings. The van der Waals surface area contributed by atoms with E-state index >= 15 is 0 Å². The molecule has 0 unspecified atom stereocenters. The number of aromatic nitrogens is 4. The second kappa shape index (κ2) is 7.27. The van der Waals surface area contributed by atoms with Gasteiger partial charge in [0.05, 0.1) is 18.4 Å². The zero-order valence-corrected chi connectivity index (χ0v) is 14.2. The van der Waals surface area contributed by atoms with Crippen LogP contribution in [-0.4, -0.2) is 33.3 Å². The summed E-state index contributed by atoms with van der Waals surface area (Å²) in [4.78, 5) is 11.6. The number of nitrogens with zero attached hydrogens (tertiary/aromatic N) is 4. The lowest BCUT2D eigenvalue weighted by Crippen LogP contribution is -2.02. The summed E-state index contributed by atoms with van der Waals surface area (Å²) in [5.74, 6) is 0.309. The molecule has 1 heterocycles. The molecular weight excluding hydrogens is 324 g/mol. The topological polar surface area (TPSA) is 69.9 Å². The van der Waals surface area contributed by atoms with Crippen molar-refractivity contribution in [2.45, 2.75) is 17.8 Å². The van der Waals surface area contributed by atoms with Gasteiger partial charge in [-0.25, -0.2) is 4.79 Å². The Morgan fingerprint density at radius 1 is 1.21 bits per heavy atom. The van der Waals surface area contributed by atoms with Crippen molar-refractivity contribution in [1.82, 2.24) is 20.2 Å². The highest BCUT2D eigenvalue weighted by Crippen LogP contribution is 2.23. The van der Waals surface area contributed by atoms with Gasteiger partial charge in [0, 0.05) is 5.75 Å². The molecule has 3 rings (SSSR count). The maximum absolute atomic E-state index is 11.6. The molecule has 0 amide bonds. The molecule has 1 aromatic heterocycles. The number of thioether (sulfide) groups is 1. The summed E-state index contributed by atoms with van der Waals surface area (Å²) in [6.45, 7) is 2.04. The Morgan fingerprint density at radius 2 is 2.00 bits per heavy atom. The lowest BCUT2D eigenvalue weighted by atomic mass is 10.1. The van der Waals surface area contributed by atoms with Crippen LogP contribution in [0.5, 0.6) is 0 Å². The van der Waals surface area contributed by atoms with Crippen molar-refractivity contribution >= 4 is 17.7 Å². The van der Waals surface area contributed by atoms with E-state index in [0.717, 1.165) is 11.3 Å². The van der Waals surface area contributed by atoms with Crippen molar-refractivity contribution in [2.24, 2.45) is 0 Å². The maximum Gasteiger partial charge on any atom is 0.337 e. The molecule has 0 aliphatic heterocycles. The minimum Gasteiger partial charge on any atom is -0.465 e. The first-order chi connectivity index (χ1) is 11.7. The normalized spacial score (nSPS) is 10.6. The fraction of sp³-hybridized carbons (Fsp3) is 0.176. The molecule has 2 aromatic carbocycles. The number of aryl methyl sites for hydroxylation is 1. The standard InChI is InChI=1S/C17H16N4O2S/c1-12-6-8-15(9-7-12)21-17(18-19-20-21)24-11-13-4-3-5-14(10-13)16(22)23-2/h3-10H,11H2,1-2H3. The highest BCUT2D eigenvalue weighted by Gasteiger charge is 2.10. The van der Waals surface area contributed by atoms with Gasteiger partial charge >= 0.3 is 5.97 Å². The number of hydrogen-bond donors (Lipinski definition) is 0. The highest BCUT2D eigenvalue weighted by atomic mass is 32.2. The van der Waals surface area contributed by atoms with Crippen LogP contribution < -0.4 is 0 Å². The van der Waals surface area contributed by atoms with Crippen molar-refractivity contribution in [3.63, 3.8) is 0 Å². The van der Waals surface area contributed by atoms with Crippen LogP contribution >= 0.6 is 11.8 Å². The lowest BCUT2D eigenvalue weighted by molar-refractivity contribution is 0.0600. The van der Waals surface area contributed by atoms with Crippen LogP contribution in [0.4, 0.5) is 0 Å². The van der Waals surface area contributed by atoms with E-state index in [9.17, 15) is 4.79 Å². The van der Waals surface area contributed by atoms with Crippen LogP contribution in [-0.2, 0) is 10.5 Å². The quantitative estimate of drug-likeness (QED) is 0.525. The van der Waals surface area contributed by atoms with Gasteiger partial charge in [-0.05, 0) is 47.2 Å². The number of methoxy groups -OCH3 is 1. The number of rotatable bonds is 5.